The molecule has 1 heterocycles. The lowest BCUT2D eigenvalue weighted by Crippen LogP contribution is -2.59. The van der Waals surface area contributed by atoms with E-state index in [4.69, 9.17) is 0 Å². The molecule has 0 aliphatic rings. The van der Waals surface area contributed by atoms with Gasteiger partial charge in [0.1, 0.15) is 18.7 Å². The van der Waals surface area contributed by atoms with E-state index in [9.17, 15) is 30.9 Å². The number of Topliss-reactive ketones (excluding diaryl/α,β-unsaturated/α-hetero) is 1. The number of carbonyl (C=O) groups excluding carboxylic acids is 1. The quantitative estimate of drug-likeness (QED) is 0.599. The lowest BCUT2D eigenvalue weighted by atomic mass is 10.5. The average molecular weight is 371 g/mol. The molecule has 1 aromatic heterocycles. The van der Waals surface area contributed by atoms with E-state index in [0.29, 0.717) is 5.19 Å². The van der Waals surface area contributed by atoms with Gasteiger partial charge in [0.05, 0.1) is 0 Å². The highest BCUT2D eigenvalue weighted by Gasteiger charge is 2.45. The number of halogens is 3. The Labute approximate surface area is 132 Å². The number of aromatic nitrogens is 1. The first-order valence-corrected chi connectivity index (χ1v) is 11.0. The molecule has 0 saturated heterocycles. The molecule has 0 saturated carbocycles. The number of hydrogen-bond acceptors (Lipinski definition) is 5. The highest BCUT2D eigenvalue weighted by molar-refractivity contribution is 7.89. The van der Waals surface area contributed by atoms with Crippen molar-refractivity contribution in [1.29, 1.82) is 0 Å². The minimum absolute atomic E-state index is 0.276. The summed E-state index contributed by atoms with van der Waals surface area (Å²) in [7, 11) is -7.62. The summed E-state index contributed by atoms with van der Waals surface area (Å²) >= 11 is 0. The second-order valence-corrected chi connectivity index (χ2v) is 12.0. The highest BCUT2D eigenvalue weighted by Crippen LogP contribution is 2.19. The van der Waals surface area contributed by atoms with Gasteiger partial charge in [0.25, 0.3) is 10.1 Å². The first-order valence-electron chi connectivity index (χ1n) is 6.38. The van der Waals surface area contributed by atoms with Crippen LogP contribution in [0.3, 0.4) is 0 Å². The van der Waals surface area contributed by atoms with Crippen LogP contribution in [0.25, 0.3) is 0 Å². The van der Waals surface area contributed by atoms with Crippen LogP contribution < -0.4 is 9.92 Å². The van der Waals surface area contributed by atoms with Crippen molar-refractivity contribution in [3.05, 3.63) is 18.3 Å². The van der Waals surface area contributed by atoms with Gasteiger partial charge < -0.3 is 4.74 Å². The molecule has 11 heteroatoms. The van der Waals surface area contributed by atoms with E-state index in [0.717, 1.165) is 13.0 Å². The van der Waals surface area contributed by atoms with E-state index in [1.54, 1.807) is 13.1 Å². The van der Waals surface area contributed by atoms with E-state index < -0.39 is 41.6 Å². The van der Waals surface area contributed by atoms with E-state index >= 15 is 0 Å². The first kappa shape index (κ1) is 19.6. The average Bonchev–Trinajstić information content (AvgIpc) is 2.33. The molecule has 0 amide bonds. The second kappa shape index (κ2) is 6.57. The van der Waals surface area contributed by atoms with Gasteiger partial charge in [-0.2, -0.15) is 21.6 Å². The molecule has 1 unspecified atom stereocenters. The Morgan fingerprint density at radius 1 is 1.39 bits per heavy atom. The van der Waals surface area contributed by atoms with Gasteiger partial charge >= 0.3 is 6.18 Å². The molecule has 0 aliphatic carbocycles. The van der Waals surface area contributed by atoms with Crippen LogP contribution >= 0.6 is 0 Å². The summed E-state index contributed by atoms with van der Waals surface area (Å²) in [5.74, 6) is -0.983. The molecular formula is C12H16F3NO5SSi. The minimum atomic E-state index is -4.61. The molecule has 6 nitrogen and oxygen atoms in total. The summed E-state index contributed by atoms with van der Waals surface area (Å²) in [4.78, 5) is 13.7. The Kier molecular flexibility index (Phi) is 5.60. The Bertz CT molecular complexity index is 673. The SMILES string of the molecule is CC(=O)C([Si](C)(C)c1ccc(OCC(F)(F)F)nc1)S(=O)(=O)O. The van der Waals surface area contributed by atoms with Crippen LogP contribution in [0.15, 0.2) is 18.3 Å². The van der Waals surface area contributed by atoms with Crippen LogP contribution in [-0.4, -0.2) is 49.5 Å². The summed E-state index contributed by atoms with van der Waals surface area (Å²) in [5, 5.41) is 0.384. The Balaban J connectivity index is 3.08. The third-order valence-electron chi connectivity index (χ3n) is 3.19. The molecule has 130 valence electrons. The topological polar surface area (TPSA) is 93.6 Å². The normalized spacial score (nSPS) is 14.4. The second-order valence-electron chi connectivity index (χ2n) is 5.52. The van der Waals surface area contributed by atoms with Crippen molar-refractivity contribution in [2.75, 3.05) is 6.61 Å². The van der Waals surface area contributed by atoms with Gasteiger partial charge in [-0.3, -0.25) is 9.35 Å². The van der Waals surface area contributed by atoms with Crippen molar-refractivity contribution in [2.45, 2.75) is 31.1 Å². The van der Waals surface area contributed by atoms with Gasteiger partial charge in [0.2, 0.25) is 5.88 Å². The monoisotopic (exact) mass is 371 g/mol. The molecular weight excluding hydrogens is 355 g/mol. The predicted molar refractivity (Wildman–Crippen MR) is 78.9 cm³/mol. The molecule has 0 aliphatic heterocycles. The summed E-state index contributed by atoms with van der Waals surface area (Å²) in [5.41, 5.74) is 0. The van der Waals surface area contributed by atoms with Crippen LogP contribution in [0.1, 0.15) is 6.92 Å². The summed E-state index contributed by atoms with van der Waals surface area (Å²) in [6.45, 7) is 2.64. The number of rotatable bonds is 6. The standard InChI is InChI=1S/C12H16F3NO5SSi/c1-8(17)11(22(18,19)20)23(2,3)9-4-5-10(16-6-9)21-7-12(13,14)15/h4-6,11H,7H2,1-3H3,(H,18,19,20). The Morgan fingerprint density at radius 3 is 2.30 bits per heavy atom. The zero-order valence-electron chi connectivity index (χ0n) is 12.6. The number of ketones is 1. The number of hydrogen-bond donors (Lipinski definition) is 1. The van der Waals surface area contributed by atoms with Crippen LogP contribution in [0, 0.1) is 0 Å². The van der Waals surface area contributed by atoms with E-state index in [1.807, 2.05) is 0 Å². The van der Waals surface area contributed by atoms with Crippen molar-refractivity contribution in [3.63, 3.8) is 0 Å². The highest BCUT2D eigenvalue weighted by atomic mass is 32.2. The number of ether oxygens (including phenoxy) is 1. The van der Waals surface area contributed by atoms with Gasteiger partial charge in [-0.05, 0) is 12.1 Å². The summed E-state index contributed by atoms with van der Waals surface area (Å²) in [6.07, 6.45) is -3.34. The fraction of sp³-hybridized carbons (Fsp3) is 0.500. The molecule has 0 radical (unpaired) electrons. The fourth-order valence-electron chi connectivity index (χ4n) is 2.24. The molecule has 0 aromatic carbocycles. The van der Waals surface area contributed by atoms with Crippen molar-refractivity contribution in [3.8, 4) is 5.88 Å². The molecule has 0 fully saturated rings. The molecule has 1 rings (SSSR count). The minimum Gasteiger partial charge on any atom is -0.468 e. The van der Waals surface area contributed by atoms with Gasteiger partial charge in [-0.15, -0.1) is 0 Å². The number of carbonyl (C=O) groups is 1. The molecule has 23 heavy (non-hydrogen) atoms. The maximum atomic E-state index is 12.1. The van der Waals surface area contributed by atoms with E-state index in [-0.39, 0.29) is 5.88 Å². The van der Waals surface area contributed by atoms with Crippen LogP contribution in [0.4, 0.5) is 13.2 Å². The van der Waals surface area contributed by atoms with Gasteiger partial charge in [0.15, 0.2) is 6.61 Å². The lowest BCUT2D eigenvalue weighted by Gasteiger charge is -2.28. The van der Waals surface area contributed by atoms with Crippen LogP contribution in [0.2, 0.25) is 13.1 Å². The largest absolute Gasteiger partial charge is 0.468 e. The zero-order valence-corrected chi connectivity index (χ0v) is 14.4. The lowest BCUT2D eigenvalue weighted by molar-refractivity contribution is -0.154. The smallest absolute Gasteiger partial charge is 0.422 e. The number of alkyl halides is 3. The zero-order chi connectivity index (χ0) is 18.1. The first-order chi connectivity index (χ1) is 10.2. The molecule has 1 N–H and O–H groups in total. The van der Waals surface area contributed by atoms with E-state index in [2.05, 4.69) is 9.72 Å². The summed E-state index contributed by atoms with van der Waals surface area (Å²) in [6, 6.07) is 2.52. The Hall–Kier alpha value is -1.46. The van der Waals surface area contributed by atoms with Crippen molar-refractivity contribution in [1.82, 2.24) is 4.98 Å². The van der Waals surface area contributed by atoms with Gasteiger partial charge in [-0.1, -0.05) is 19.2 Å². The van der Waals surface area contributed by atoms with E-state index in [1.165, 1.54) is 12.3 Å². The molecule has 0 spiro atoms. The maximum absolute atomic E-state index is 12.1. The summed E-state index contributed by atoms with van der Waals surface area (Å²) < 4.78 is 72.9. The molecule has 0 bridgehead atoms. The van der Waals surface area contributed by atoms with Crippen molar-refractivity contribution in [2.24, 2.45) is 0 Å². The fourth-order valence-corrected chi connectivity index (χ4v) is 8.28. The van der Waals surface area contributed by atoms with Crippen molar-refractivity contribution < 1.29 is 35.7 Å². The van der Waals surface area contributed by atoms with Crippen molar-refractivity contribution >= 4 is 29.2 Å². The number of pyridine rings is 1. The van der Waals surface area contributed by atoms with Crippen LogP contribution in [-0.2, 0) is 14.9 Å². The number of nitrogens with zero attached hydrogens (tertiary/aromatic N) is 1. The predicted octanol–water partition coefficient (Wildman–Crippen LogP) is 1.32. The third kappa shape index (κ3) is 5.29. The Morgan fingerprint density at radius 2 is 1.96 bits per heavy atom. The van der Waals surface area contributed by atoms with Gasteiger partial charge in [0, 0.05) is 12.3 Å². The van der Waals surface area contributed by atoms with Crippen LogP contribution in [0.5, 0.6) is 5.88 Å². The molecule has 1 aromatic rings. The maximum Gasteiger partial charge on any atom is 0.422 e. The van der Waals surface area contributed by atoms with Gasteiger partial charge in [-0.25, -0.2) is 4.98 Å². The molecule has 1 atom stereocenters. The third-order valence-corrected chi connectivity index (χ3v) is 10.3.